The maximum absolute atomic E-state index is 6.30. The number of hydrogen-bond donors (Lipinski definition) is 0. The van der Waals surface area contributed by atoms with Crippen molar-refractivity contribution in [2.75, 3.05) is 13.6 Å². The van der Waals surface area contributed by atoms with E-state index in [2.05, 4.69) is 37.9 Å². The Bertz CT molecular complexity index is 680. The summed E-state index contributed by atoms with van der Waals surface area (Å²) in [6.45, 7) is 7.24. The third-order valence-corrected chi connectivity index (χ3v) is 4.71. The average molecular weight is 349 g/mol. The maximum atomic E-state index is 6.30. The van der Waals surface area contributed by atoms with Crippen molar-refractivity contribution < 1.29 is 0 Å². The Labute approximate surface area is 148 Å². The molecule has 0 heterocycles. The molecular formula is C19H22Cl2N2. The van der Waals surface area contributed by atoms with Gasteiger partial charge in [-0.15, -0.1) is 0 Å². The Kier molecular flexibility index (Phi) is 6.09. The molecule has 0 N–H and O–H groups in total. The summed E-state index contributed by atoms with van der Waals surface area (Å²) in [7, 11) is 2.01. The van der Waals surface area contributed by atoms with Crippen molar-refractivity contribution in [2.24, 2.45) is 4.99 Å². The molecule has 0 amide bonds. The van der Waals surface area contributed by atoms with Crippen LogP contribution in [-0.2, 0) is 6.42 Å². The number of aliphatic imine (C=N–C) groups is 1. The number of rotatable bonds is 5. The Hall–Kier alpha value is -1.51. The summed E-state index contributed by atoms with van der Waals surface area (Å²) < 4.78 is 0. The van der Waals surface area contributed by atoms with Crippen LogP contribution in [0.3, 0.4) is 0 Å². The second kappa shape index (κ2) is 7.85. The van der Waals surface area contributed by atoms with Gasteiger partial charge in [0, 0.05) is 30.1 Å². The van der Waals surface area contributed by atoms with Gasteiger partial charge in [0.25, 0.3) is 0 Å². The summed E-state index contributed by atoms with van der Waals surface area (Å²) in [5.74, 6) is 0. The van der Waals surface area contributed by atoms with E-state index in [-0.39, 0.29) is 0 Å². The highest BCUT2D eigenvalue weighted by atomic mass is 35.5. The first-order valence-electron chi connectivity index (χ1n) is 7.69. The summed E-state index contributed by atoms with van der Waals surface area (Å²) in [6.07, 6.45) is 2.59. The van der Waals surface area contributed by atoms with Crippen LogP contribution in [0.5, 0.6) is 0 Å². The monoisotopic (exact) mass is 348 g/mol. The second-order valence-electron chi connectivity index (χ2n) is 5.75. The third kappa shape index (κ3) is 4.49. The molecule has 0 spiro atoms. The van der Waals surface area contributed by atoms with E-state index in [0.29, 0.717) is 10.0 Å². The Morgan fingerprint density at radius 3 is 2.13 bits per heavy atom. The SMILES string of the molecule is CCN(C)C=Nc1cc(C)c(Cc2c(Cl)cccc2Cl)c(C)c1. The van der Waals surface area contributed by atoms with E-state index >= 15 is 0 Å². The zero-order valence-electron chi connectivity index (χ0n) is 14.0. The fourth-order valence-electron chi connectivity index (χ4n) is 2.45. The van der Waals surface area contributed by atoms with Gasteiger partial charge in [-0.05, 0) is 67.3 Å². The Morgan fingerprint density at radius 2 is 1.61 bits per heavy atom. The first kappa shape index (κ1) is 17.8. The lowest BCUT2D eigenvalue weighted by molar-refractivity contribution is 0.552. The molecule has 0 unspecified atom stereocenters. The minimum atomic E-state index is 0.711. The summed E-state index contributed by atoms with van der Waals surface area (Å²) in [5.41, 5.74) is 5.60. The molecule has 2 aromatic rings. The zero-order valence-corrected chi connectivity index (χ0v) is 15.5. The van der Waals surface area contributed by atoms with Gasteiger partial charge < -0.3 is 4.90 Å². The summed E-state index contributed by atoms with van der Waals surface area (Å²) >= 11 is 12.6. The molecule has 0 radical (unpaired) electrons. The van der Waals surface area contributed by atoms with Crippen LogP contribution in [0.4, 0.5) is 5.69 Å². The van der Waals surface area contributed by atoms with Crippen LogP contribution in [0, 0.1) is 13.8 Å². The predicted octanol–water partition coefficient (Wildman–Crippen LogP) is 5.81. The van der Waals surface area contributed by atoms with Crippen molar-refractivity contribution >= 4 is 35.2 Å². The van der Waals surface area contributed by atoms with Crippen molar-refractivity contribution in [1.29, 1.82) is 0 Å². The van der Waals surface area contributed by atoms with Gasteiger partial charge >= 0.3 is 0 Å². The van der Waals surface area contributed by atoms with Crippen molar-refractivity contribution in [3.8, 4) is 0 Å². The molecule has 0 bridgehead atoms. The van der Waals surface area contributed by atoms with Crippen LogP contribution in [0.15, 0.2) is 35.3 Å². The first-order valence-corrected chi connectivity index (χ1v) is 8.45. The molecule has 0 aliphatic carbocycles. The lowest BCUT2D eigenvalue weighted by Gasteiger charge is -2.14. The van der Waals surface area contributed by atoms with Crippen LogP contribution >= 0.6 is 23.2 Å². The lowest BCUT2D eigenvalue weighted by Crippen LogP contribution is -2.14. The molecule has 0 aromatic heterocycles. The van der Waals surface area contributed by atoms with E-state index in [4.69, 9.17) is 23.2 Å². The zero-order chi connectivity index (χ0) is 17.0. The van der Waals surface area contributed by atoms with Gasteiger partial charge in [-0.2, -0.15) is 0 Å². The number of aryl methyl sites for hydroxylation is 2. The molecule has 0 saturated heterocycles. The molecule has 4 heteroatoms. The second-order valence-corrected chi connectivity index (χ2v) is 6.57. The number of halogens is 2. The highest BCUT2D eigenvalue weighted by Crippen LogP contribution is 2.30. The van der Waals surface area contributed by atoms with E-state index in [9.17, 15) is 0 Å². The van der Waals surface area contributed by atoms with Crippen LogP contribution in [0.2, 0.25) is 10.0 Å². The predicted molar refractivity (Wildman–Crippen MR) is 102 cm³/mol. The van der Waals surface area contributed by atoms with Gasteiger partial charge in [0.2, 0.25) is 0 Å². The molecule has 0 fully saturated rings. The first-order chi connectivity index (χ1) is 10.9. The number of nitrogens with zero attached hydrogens (tertiary/aromatic N) is 2. The minimum Gasteiger partial charge on any atom is -0.366 e. The number of hydrogen-bond acceptors (Lipinski definition) is 1. The summed E-state index contributed by atoms with van der Waals surface area (Å²) in [4.78, 5) is 6.57. The number of benzene rings is 2. The van der Waals surface area contributed by atoms with Gasteiger partial charge in [0.15, 0.2) is 0 Å². The van der Waals surface area contributed by atoms with Crippen molar-refractivity contribution in [3.63, 3.8) is 0 Å². The largest absolute Gasteiger partial charge is 0.366 e. The molecule has 0 atom stereocenters. The molecule has 122 valence electrons. The van der Waals surface area contributed by atoms with Crippen molar-refractivity contribution in [1.82, 2.24) is 4.90 Å². The van der Waals surface area contributed by atoms with E-state index in [1.165, 1.54) is 16.7 Å². The standard InChI is InChI=1S/C19H22Cl2N2/c1-5-23(4)12-22-15-9-13(2)16(14(3)10-15)11-17-18(20)7-6-8-19(17)21/h6-10,12H,5,11H2,1-4H3. The molecule has 0 saturated carbocycles. The van der Waals surface area contributed by atoms with Gasteiger partial charge in [-0.25, -0.2) is 4.99 Å². The van der Waals surface area contributed by atoms with Crippen LogP contribution in [0.1, 0.15) is 29.2 Å². The fourth-order valence-corrected chi connectivity index (χ4v) is 2.98. The normalized spacial score (nSPS) is 11.2. The third-order valence-electron chi connectivity index (χ3n) is 4.00. The highest BCUT2D eigenvalue weighted by Gasteiger charge is 2.11. The molecule has 23 heavy (non-hydrogen) atoms. The Balaban J connectivity index is 2.33. The molecule has 2 rings (SSSR count). The van der Waals surface area contributed by atoms with E-state index in [1.54, 1.807) is 0 Å². The maximum Gasteiger partial charge on any atom is 0.0909 e. The molecule has 0 aliphatic rings. The molecule has 2 nitrogen and oxygen atoms in total. The van der Waals surface area contributed by atoms with Gasteiger partial charge in [-0.3, -0.25) is 0 Å². The Morgan fingerprint density at radius 1 is 1.04 bits per heavy atom. The average Bonchev–Trinajstić information content (AvgIpc) is 2.50. The summed E-state index contributed by atoms with van der Waals surface area (Å²) in [5, 5.41) is 1.42. The highest BCUT2D eigenvalue weighted by molar-refractivity contribution is 6.36. The smallest absolute Gasteiger partial charge is 0.0909 e. The van der Waals surface area contributed by atoms with E-state index in [1.807, 2.05) is 36.5 Å². The fraction of sp³-hybridized carbons (Fsp3) is 0.316. The summed E-state index contributed by atoms with van der Waals surface area (Å²) in [6, 6.07) is 9.84. The molecule has 2 aromatic carbocycles. The molecular weight excluding hydrogens is 327 g/mol. The lowest BCUT2D eigenvalue weighted by atomic mass is 9.95. The molecule has 0 aliphatic heterocycles. The van der Waals surface area contributed by atoms with Gasteiger partial charge in [0.05, 0.1) is 12.0 Å². The van der Waals surface area contributed by atoms with Gasteiger partial charge in [-0.1, -0.05) is 29.3 Å². The van der Waals surface area contributed by atoms with E-state index in [0.717, 1.165) is 24.2 Å². The van der Waals surface area contributed by atoms with E-state index < -0.39 is 0 Å². The van der Waals surface area contributed by atoms with Crippen LogP contribution < -0.4 is 0 Å². The van der Waals surface area contributed by atoms with Crippen molar-refractivity contribution in [3.05, 3.63) is 62.6 Å². The van der Waals surface area contributed by atoms with Crippen molar-refractivity contribution in [2.45, 2.75) is 27.2 Å². The topological polar surface area (TPSA) is 15.6 Å². The quantitative estimate of drug-likeness (QED) is 0.491. The van der Waals surface area contributed by atoms with Crippen LogP contribution in [0.25, 0.3) is 0 Å². The van der Waals surface area contributed by atoms with Gasteiger partial charge in [0.1, 0.15) is 0 Å². The van der Waals surface area contributed by atoms with Crippen LogP contribution in [-0.4, -0.2) is 24.8 Å². The minimum absolute atomic E-state index is 0.711.